The summed E-state index contributed by atoms with van der Waals surface area (Å²) in [6.45, 7) is 4.33. The molecule has 3 aliphatic heterocycles. The molecule has 26 heavy (non-hydrogen) atoms. The highest BCUT2D eigenvalue weighted by atomic mass is 16.5. The zero-order valence-corrected chi connectivity index (χ0v) is 15.2. The van der Waals surface area contributed by atoms with Crippen molar-refractivity contribution in [3.63, 3.8) is 0 Å². The maximum Gasteiger partial charge on any atom is 0.317 e. The van der Waals surface area contributed by atoms with Gasteiger partial charge in [-0.15, -0.1) is 0 Å². The Kier molecular flexibility index (Phi) is 4.85. The predicted molar refractivity (Wildman–Crippen MR) is 98.0 cm³/mol. The normalized spacial score (nSPS) is 28.5. The molecular formula is C20H27N3O3. The summed E-state index contributed by atoms with van der Waals surface area (Å²) >= 11 is 0. The van der Waals surface area contributed by atoms with Gasteiger partial charge in [0.15, 0.2) is 0 Å². The van der Waals surface area contributed by atoms with Crippen LogP contribution in [0.5, 0.6) is 0 Å². The van der Waals surface area contributed by atoms with Gasteiger partial charge in [-0.3, -0.25) is 4.79 Å². The third-order valence-corrected chi connectivity index (χ3v) is 6.06. The van der Waals surface area contributed by atoms with Crippen LogP contribution in [-0.2, 0) is 4.74 Å². The van der Waals surface area contributed by atoms with Gasteiger partial charge < -0.3 is 19.9 Å². The SMILES string of the molecule is O=C(N[C@@H]1CCOC[C@]12CCN(C(=O)c1ccccc1)C2)N1CCCC1. The van der Waals surface area contributed by atoms with Gasteiger partial charge in [0.25, 0.3) is 5.91 Å². The average Bonchev–Trinajstić information content (AvgIpc) is 3.35. The summed E-state index contributed by atoms with van der Waals surface area (Å²) < 4.78 is 5.78. The van der Waals surface area contributed by atoms with E-state index in [4.69, 9.17) is 4.74 Å². The molecule has 3 heterocycles. The van der Waals surface area contributed by atoms with Crippen molar-refractivity contribution in [1.29, 1.82) is 0 Å². The standard InChI is InChI=1S/C20H27N3O3/c24-18(16-6-2-1-3-7-16)23-12-9-20(14-23)15-26-13-8-17(20)21-19(25)22-10-4-5-11-22/h1-3,6-7,17H,4-5,8-15H2,(H,21,25)/t17-,20-/m1/s1. The summed E-state index contributed by atoms with van der Waals surface area (Å²) in [6.07, 6.45) is 3.86. The number of carbonyl (C=O) groups excluding carboxylic acids is 2. The fourth-order valence-corrected chi connectivity index (χ4v) is 4.50. The van der Waals surface area contributed by atoms with Crippen LogP contribution in [-0.4, -0.2) is 67.2 Å². The van der Waals surface area contributed by atoms with Gasteiger partial charge >= 0.3 is 6.03 Å². The van der Waals surface area contributed by atoms with Crippen molar-refractivity contribution in [2.45, 2.75) is 31.7 Å². The number of rotatable bonds is 2. The van der Waals surface area contributed by atoms with E-state index >= 15 is 0 Å². The molecule has 0 aromatic heterocycles. The van der Waals surface area contributed by atoms with Gasteiger partial charge in [0.1, 0.15) is 0 Å². The second-order valence-electron chi connectivity index (χ2n) is 7.74. The van der Waals surface area contributed by atoms with Gasteiger partial charge in [0.2, 0.25) is 0 Å². The first-order valence-corrected chi connectivity index (χ1v) is 9.65. The lowest BCUT2D eigenvalue weighted by molar-refractivity contribution is -0.0243. The molecule has 3 aliphatic rings. The van der Waals surface area contributed by atoms with Crippen LogP contribution in [0.25, 0.3) is 0 Å². The molecule has 1 N–H and O–H groups in total. The van der Waals surface area contributed by atoms with Gasteiger partial charge in [-0.2, -0.15) is 0 Å². The number of nitrogens with one attached hydrogen (secondary N) is 1. The molecule has 2 atom stereocenters. The zero-order chi connectivity index (χ0) is 18.0. The second kappa shape index (κ2) is 7.27. The summed E-state index contributed by atoms with van der Waals surface area (Å²) in [5.41, 5.74) is 0.553. The Morgan fingerprint density at radius 1 is 1.08 bits per heavy atom. The maximum absolute atomic E-state index is 12.8. The first kappa shape index (κ1) is 17.3. The average molecular weight is 357 g/mol. The highest BCUT2D eigenvalue weighted by Crippen LogP contribution is 2.39. The quantitative estimate of drug-likeness (QED) is 0.882. The van der Waals surface area contributed by atoms with E-state index in [1.165, 1.54) is 0 Å². The van der Waals surface area contributed by atoms with Crippen LogP contribution >= 0.6 is 0 Å². The molecule has 6 nitrogen and oxygen atoms in total. The van der Waals surface area contributed by atoms with Crippen LogP contribution in [0, 0.1) is 5.41 Å². The molecule has 0 unspecified atom stereocenters. The lowest BCUT2D eigenvalue weighted by Crippen LogP contribution is -2.57. The van der Waals surface area contributed by atoms with Gasteiger partial charge in [0.05, 0.1) is 6.61 Å². The minimum atomic E-state index is -0.169. The molecule has 3 amide bonds. The number of urea groups is 1. The highest BCUT2D eigenvalue weighted by molar-refractivity contribution is 5.94. The van der Waals surface area contributed by atoms with Crippen LogP contribution in [0.2, 0.25) is 0 Å². The molecule has 1 aromatic carbocycles. The minimum Gasteiger partial charge on any atom is -0.381 e. The van der Waals surface area contributed by atoms with Crippen molar-refractivity contribution in [2.24, 2.45) is 5.41 Å². The number of ether oxygens (including phenoxy) is 1. The predicted octanol–water partition coefficient (Wildman–Crippen LogP) is 2.11. The molecular weight excluding hydrogens is 330 g/mol. The topological polar surface area (TPSA) is 61.9 Å². The third-order valence-electron chi connectivity index (χ3n) is 6.06. The van der Waals surface area contributed by atoms with Gasteiger partial charge in [0, 0.05) is 49.8 Å². The Hall–Kier alpha value is -2.08. The number of likely N-dealkylation sites (tertiary alicyclic amines) is 2. The van der Waals surface area contributed by atoms with Crippen LogP contribution in [0.1, 0.15) is 36.0 Å². The molecule has 3 saturated heterocycles. The van der Waals surface area contributed by atoms with E-state index in [0.29, 0.717) is 26.3 Å². The molecule has 0 aliphatic carbocycles. The van der Waals surface area contributed by atoms with E-state index < -0.39 is 0 Å². The number of benzene rings is 1. The Morgan fingerprint density at radius 3 is 2.62 bits per heavy atom. The molecule has 1 aromatic rings. The lowest BCUT2D eigenvalue weighted by Gasteiger charge is -2.41. The Morgan fingerprint density at radius 2 is 1.85 bits per heavy atom. The molecule has 0 bridgehead atoms. The number of carbonyl (C=O) groups is 2. The number of nitrogens with zero attached hydrogens (tertiary/aromatic N) is 2. The largest absolute Gasteiger partial charge is 0.381 e. The molecule has 6 heteroatoms. The molecule has 1 spiro atoms. The Bertz CT molecular complexity index is 660. The molecule has 0 saturated carbocycles. The van der Waals surface area contributed by atoms with Crippen molar-refractivity contribution in [3.8, 4) is 0 Å². The van der Waals surface area contributed by atoms with E-state index in [9.17, 15) is 9.59 Å². The second-order valence-corrected chi connectivity index (χ2v) is 7.74. The summed E-state index contributed by atoms with van der Waals surface area (Å²) in [4.78, 5) is 29.2. The molecule has 140 valence electrons. The molecule has 3 fully saturated rings. The minimum absolute atomic E-state index is 0.0432. The molecule has 4 rings (SSSR count). The van der Waals surface area contributed by atoms with Crippen LogP contribution in [0.3, 0.4) is 0 Å². The summed E-state index contributed by atoms with van der Waals surface area (Å²) in [5, 5.41) is 3.26. The summed E-state index contributed by atoms with van der Waals surface area (Å²) in [7, 11) is 0. The van der Waals surface area contributed by atoms with E-state index in [1.54, 1.807) is 0 Å². The fourth-order valence-electron chi connectivity index (χ4n) is 4.50. The molecule has 0 radical (unpaired) electrons. The van der Waals surface area contributed by atoms with E-state index in [0.717, 1.165) is 44.3 Å². The fraction of sp³-hybridized carbons (Fsp3) is 0.600. The Balaban J connectivity index is 1.45. The van der Waals surface area contributed by atoms with Crippen molar-refractivity contribution < 1.29 is 14.3 Å². The number of hydrogen-bond acceptors (Lipinski definition) is 3. The lowest BCUT2D eigenvalue weighted by atomic mass is 9.77. The smallest absolute Gasteiger partial charge is 0.317 e. The van der Waals surface area contributed by atoms with Crippen molar-refractivity contribution in [2.75, 3.05) is 39.4 Å². The van der Waals surface area contributed by atoms with Crippen LogP contribution in [0.4, 0.5) is 4.79 Å². The van der Waals surface area contributed by atoms with Gasteiger partial charge in [-0.05, 0) is 37.8 Å². The maximum atomic E-state index is 12.8. The van der Waals surface area contributed by atoms with Crippen LogP contribution < -0.4 is 5.32 Å². The first-order valence-electron chi connectivity index (χ1n) is 9.65. The van der Waals surface area contributed by atoms with Gasteiger partial charge in [-0.25, -0.2) is 4.79 Å². The zero-order valence-electron chi connectivity index (χ0n) is 15.2. The van der Waals surface area contributed by atoms with Crippen molar-refractivity contribution in [1.82, 2.24) is 15.1 Å². The van der Waals surface area contributed by atoms with Crippen molar-refractivity contribution >= 4 is 11.9 Å². The Labute approximate surface area is 154 Å². The summed E-state index contributed by atoms with van der Waals surface area (Å²) in [5.74, 6) is 0.0673. The number of amides is 3. The van der Waals surface area contributed by atoms with E-state index in [-0.39, 0.29) is 23.4 Å². The van der Waals surface area contributed by atoms with E-state index in [1.807, 2.05) is 40.1 Å². The highest BCUT2D eigenvalue weighted by Gasteiger charge is 2.48. The first-order chi connectivity index (χ1) is 12.7. The summed E-state index contributed by atoms with van der Waals surface area (Å²) in [6, 6.07) is 9.53. The van der Waals surface area contributed by atoms with Gasteiger partial charge in [-0.1, -0.05) is 18.2 Å². The third kappa shape index (κ3) is 3.30. The van der Waals surface area contributed by atoms with E-state index in [2.05, 4.69) is 5.32 Å². The number of hydrogen-bond donors (Lipinski definition) is 1. The van der Waals surface area contributed by atoms with Crippen molar-refractivity contribution in [3.05, 3.63) is 35.9 Å². The monoisotopic (exact) mass is 357 g/mol. The van der Waals surface area contributed by atoms with Crippen LogP contribution in [0.15, 0.2) is 30.3 Å².